The Morgan fingerprint density at radius 2 is 1.64 bits per heavy atom. The summed E-state index contributed by atoms with van der Waals surface area (Å²) in [5.74, 6) is 2.09. The minimum absolute atomic E-state index is 0.00551. The van der Waals surface area contributed by atoms with Crippen LogP contribution in [-0.2, 0) is 9.47 Å². The number of benzene rings is 2. The molecule has 1 unspecified atom stereocenters. The first-order valence-corrected chi connectivity index (χ1v) is 13.6. The van der Waals surface area contributed by atoms with Crippen LogP contribution in [0.25, 0.3) is 5.57 Å². The van der Waals surface area contributed by atoms with E-state index in [-0.39, 0.29) is 24.9 Å². The van der Waals surface area contributed by atoms with Gasteiger partial charge in [0.2, 0.25) is 0 Å². The van der Waals surface area contributed by atoms with Gasteiger partial charge in [0.05, 0.1) is 33.0 Å². The molecule has 0 bridgehead atoms. The van der Waals surface area contributed by atoms with Crippen molar-refractivity contribution >= 4 is 11.5 Å². The van der Waals surface area contributed by atoms with Crippen LogP contribution in [0.5, 0.6) is 11.5 Å². The van der Waals surface area contributed by atoms with Crippen LogP contribution in [0.4, 0.5) is 4.39 Å². The Kier molecular flexibility index (Phi) is 9.51. The lowest BCUT2D eigenvalue weighted by Gasteiger charge is -2.38. The van der Waals surface area contributed by atoms with Gasteiger partial charge in [0.25, 0.3) is 5.91 Å². The predicted molar refractivity (Wildman–Crippen MR) is 150 cm³/mol. The molecular formula is C31H39FN2O5. The van der Waals surface area contributed by atoms with Crippen molar-refractivity contribution in [3.05, 3.63) is 77.3 Å². The topological polar surface area (TPSA) is 69.3 Å². The number of nitrogens with one attached hydrogen (secondary N) is 1. The maximum atomic E-state index is 16.5. The number of hydrogen-bond acceptors (Lipinski definition) is 6. The van der Waals surface area contributed by atoms with Crippen LogP contribution in [0.1, 0.15) is 49.0 Å². The maximum Gasteiger partial charge on any atom is 0.251 e. The van der Waals surface area contributed by atoms with Crippen LogP contribution in [0.3, 0.4) is 0 Å². The summed E-state index contributed by atoms with van der Waals surface area (Å²) in [6.07, 6.45) is 3.24. The van der Waals surface area contributed by atoms with Crippen molar-refractivity contribution in [2.45, 2.75) is 44.8 Å². The molecule has 39 heavy (non-hydrogen) atoms. The average Bonchev–Trinajstić information content (AvgIpc) is 2.94. The number of alkyl halides is 1. The summed E-state index contributed by atoms with van der Waals surface area (Å²) in [5, 5.41) is 3.11. The number of allylic oxidation sites excluding steroid dienone is 2. The Labute approximate surface area is 230 Å². The molecule has 1 aliphatic heterocycles. The lowest BCUT2D eigenvalue weighted by molar-refractivity contribution is 0.0774. The lowest BCUT2D eigenvalue weighted by Crippen LogP contribution is -2.48. The Morgan fingerprint density at radius 1 is 1.00 bits per heavy atom. The van der Waals surface area contributed by atoms with Gasteiger partial charge in [-0.2, -0.15) is 0 Å². The fraction of sp³-hybridized carbons (Fsp3) is 0.452. The zero-order valence-corrected chi connectivity index (χ0v) is 23.3. The fourth-order valence-electron chi connectivity index (χ4n) is 5.24. The van der Waals surface area contributed by atoms with Crippen molar-refractivity contribution in [1.82, 2.24) is 10.2 Å². The van der Waals surface area contributed by atoms with E-state index in [0.717, 1.165) is 24.0 Å². The molecule has 2 aliphatic rings. The van der Waals surface area contributed by atoms with Crippen LogP contribution >= 0.6 is 0 Å². The van der Waals surface area contributed by atoms with Crippen LogP contribution < -0.4 is 14.8 Å². The molecule has 1 amide bonds. The maximum absolute atomic E-state index is 16.5. The van der Waals surface area contributed by atoms with Crippen LogP contribution in [0.15, 0.2) is 66.1 Å². The number of piperidine rings is 1. The van der Waals surface area contributed by atoms with Gasteiger partial charge in [0.15, 0.2) is 5.67 Å². The van der Waals surface area contributed by atoms with Gasteiger partial charge in [0.1, 0.15) is 23.0 Å². The molecule has 210 valence electrons. The van der Waals surface area contributed by atoms with Gasteiger partial charge in [0, 0.05) is 43.7 Å². The number of amides is 1. The molecule has 1 heterocycles. The summed E-state index contributed by atoms with van der Waals surface area (Å²) in [4.78, 5) is 15.0. The summed E-state index contributed by atoms with van der Waals surface area (Å²) in [6.45, 7) is 6.28. The van der Waals surface area contributed by atoms with Crippen LogP contribution in [-0.4, -0.2) is 69.6 Å². The third-order valence-corrected chi connectivity index (χ3v) is 7.07. The lowest BCUT2D eigenvalue weighted by atomic mass is 9.86. The second-order valence-corrected chi connectivity index (χ2v) is 9.88. The van der Waals surface area contributed by atoms with Gasteiger partial charge in [-0.25, -0.2) is 4.39 Å². The summed E-state index contributed by atoms with van der Waals surface area (Å²) >= 11 is 0. The van der Waals surface area contributed by atoms with Crippen molar-refractivity contribution in [2.24, 2.45) is 0 Å². The van der Waals surface area contributed by atoms with E-state index < -0.39 is 5.67 Å². The summed E-state index contributed by atoms with van der Waals surface area (Å²) in [6, 6.07) is 15.0. The second-order valence-electron chi connectivity index (χ2n) is 9.88. The second kappa shape index (κ2) is 13.0. The number of halogens is 1. The van der Waals surface area contributed by atoms with Crippen molar-refractivity contribution in [1.29, 1.82) is 0 Å². The van der Waals surface area contributed by atoms with E-state index in [9.17, 15) is 4.79 Å². The number of carbonyl (C=O) groups excluding carboxylic acids is 1. The average molecular weight is 539 g/mol. The Bertz CT molecular complexity index is 1170. The third-order valence-electron chi connectivity index (χ3n) is 7.07. The van der Waals surface area contributed by atoms with Crippen molar-refractivity contribution < 1.29 is 28.1 Å². The quantitative estimate of drug-likeness (QED) is 0.415. The number of likely N-dealkylation sites (tertiary alicyclic amines) is 1. The molecule has 2 aromatic rings. The van der Waals surface area contributed by atoms with E-state index in [0.29, 0.717) is 54.9 Å². The SMILES string of the molecule is CCOC1=CC(F)(CN2CCC(NC(=O)c3cc(OC)cc(OC)c3)CC2)CC(OCC)=C1c1ccccc1. The van der Waals surface area contributed by atoms with E-state index >= 15 is 4.39 Å². The molecule has 7 nitrogen and oxygen atoms in total. The Balaban J connectivity index is 1.41. The zero-order chi connectivity index (χ0) is 27.8. The van der Waals surface area contributed by atoms with Gasteiger partial charge in [-0.3, -0.25) is 9.69 Å². The molecule has 4 rings (SSSR count). The molecule has 1 fully saturated rings. The van der Waals surface area contributed by atoms with Gasteiger partial charge < -0.3 is 24.3 Å². The van der Waals surface area contributed by atoms with Crippen molar-refractivity contribution in [2.75, 3.05) is 47.1 Å². The molecular weight excluding hydrogens is 499 g/mol. The smallest absolute Gasteiger partial charge is 0.251 e. The van der Waals surface area contributed by atoms with E-state index in [1.165, 1.54) is 0 Å². The number of ether oxygens (including phenoxy) is 4. The molecule has 1 atom stereocenters. The van der Waals surface area contributed by atoms with Gasteiger partial charge in [-0.15, -0.1) is 0 Å². The zero-order valence-electron chi connectivity index (χ0n) is 23.3. The molecule has 0 spiro atoms. The highest BCUT2D eigenvalue weighted by atomic mass is 19.1. The van der Waals surface area contributed by atoms with Gasteiger partial charge in [-0.05, 0) is 50.5 Å². The standard InChI is InChI=1S/C31H39FN2O5/c1-5-38-27-19-31(32,20-28(39-6-2)29(27)22-10-8-7-9-11-22)21-34-14-12-24(13-15-34)33-30(35)23-16-25(36-3)18-26(17-23)37-4/h7-11,16-19,24H,5-6,12-15,20-21H2,1-4H3,(H,33,35). The van der Waals surface area contributed by atoms with Crippen LogP contribution in [0.2, 0.25) is 0 Å². The molecule has 8 heteroatoms. The first-order chi connectivity index (χ1) is 18.9. The predicted octanol–water partition coefficient (Wildman–Crippen LogP) is 5.38. The molecule has 0 radical (unpaired) electrons. The number of carbonyl (C=O) groups is 1. The number of rotatable bonds is 11. The van der Waals surface area contributed by atoms with Gasteiger partial charge >= 0.3 is 0 Å². The Morgan fingerprint density at radius 3 is 2.23 bits per heavy atom. The van der Waals surface area contributed by atoms with Gasteiger partial charge in [-0.1, -0.05) is 30.3 Å². The molecule has 0 aromatic heterocycles. The molecule has 1 saturated heterocycles. The largest absolute Gasteiger partial charge is 0.497 e. The van der Waals surface area contributed by atoms with E-state index in [1.807, 2.05) is 44.2 Å². The third kappa shape index (κ3) is 7.12. The fourth-order valence-corrected chi connectivity index (χ4v) is 5.24. The Hall–Kier alpha value is -3.52. The van der Waals surface area contributed by atoms with E-state index in [2.05, 4.69) is 10.2 Å². The first-order valence-electron chi connectivity index (χ1n) is 13.6. The number of methoxy groups -OCH3 is 2. The summed E-state index contributed by atoms with van der Waals surface area (Å²) in [7, 11) is 3.11. The molecule has 1 aliphatic carbocycles. The van der Waals surface area contributed by atoms with E-state index in [4.69, 9.17) is 18.9 Å². The van der Waals surface area contributed by atoms with Crippen molar-refractivity contribution in [3.8, 4) is 11.5 Å². The number of hydrogen-bond donors (Lipinski definition) is 1. The highest BCUT2D eigenvalue weighted by Gasteiger charge is 2.39. The highest BCUT2D eigenvalue weighted by molar-refractivity contribution is 5.95. The minimum atomic E-state index is -1.62. The highest BCUT2D eigenvalue weighted by Crippen LogP contribution is 2.41. The molecule has 2 aromatic carbocycles. The van der Waals surface area contributed by atoms with Crippen molar-refractivity contribution in [3.63, 3.8) is 0 Å². The monoisotopic (exact) mass is 538 g/mol. The molecule has 0 saturated carbocycles. The van der Waals surface area contributed by atoms with E-state index in [1.54, 1.807) is 38.5 Å². The summed E-state index contributed by atoms with van der Waals surface area (Å²) < 4.78 is 39.0. The molecule has 1 N–H and O–H groups in total. The summed E-state index contributed by atoms with van der Waals surface area (Å²) in [5.41, 5.74) is 0.633. The number of nitrogens with zero attached hydrogens (tertiary/aromatic N) is 1. The minimum Gasteiger partial charge on any atom is -0.497 e. The van der Waals surface area contributed by atoms with Crippen LogP contribution in [0, 0.1) is 0 Å². The normalized spacial score (nSPS) is 20.3. The first kappa shape index (κ1) is 28.5.